The third kappa shape index (κ3) is 4.92. The van der Waals surface area contributed by atoms with Gasteiger partial charge in [0.25, 0.3) is 11.5 Å². The molecule has 1 heterocycles. The second-order valence-electron chi connectivity index (χ2n) is 7.02. The number of terminal acetylenes is 1. The number of benzene rings is 2. The summed E-state index contributed by atoms with van der Waals surface area (Å²) in [7, 11) is 0. The molecule has 6 nitrogen and oxygen atoms in total. The van der Waals surface area contributed by atoms with Gasteiger partial charge in [0, 0.05) is 17.5 Å². The number of alkyl carbamates (subject to hydrolysis) is 1. The Morgan fingerprint density at radius 3 is 2.58 bits per heavy atom. The predicted octanol–water partition coefficient (Wildman–Crippen LogP) is 5.38. The van der Waals surface area contributed by atoms with E-state index in [1.165, 1.54) is 30.3 Å². The summed E-state index contributed by atoms with van der Waals surface area (Å²) in [4.78, 5) is 28.7. The molecule has 33 heavy (non-hydrogen) atoms. The lowest BCUT2D eigenvalue weighted by Gasteiger charge is -2.29. The van der Waals surface area contributed by atoms with Crippen LogP contribution in [0.15, 0.2) is 41.6 Å². The molecule has 2 aromatic carbocycles. The Labute approximate surface area is 196 Å². The third-order valence-corrected chi connectivity index (χ3v) is 5.62. The number of rotatable bonds is 4. The molecular weight excluding hydrogens is 484 g/mol. The van der Waals surface area contributed by atoms with Gasteiger partial charge in [0.1, 0.15) is 0 Å². The number of carbonyl (C=O) groups is 2. The number of aryl methyl sites for hydroxylation is 1. The van der Waals surface area contributed by atoms with Crippen LogP contribution >= 0.6 is 23.2 Å². The SMILES string of the molecule is C#CCOC(=O)NC(=O)c1ccc(C2=NOC(c3ccc(Cl)c(Cl)c3)(C(F)(F)F)C2)cc1C. The van der Waals surface area contributed by atoms with Crippen LogP contribution in [0.3, 0.4) is 0 Å². The van der Waals surface area contributed by atoms with Crippen LogP contribution in [-0.2, 0) is 15.2 Å². The summed E-state index contributed by atoms with van der Waals surface area (Å²) in [5.41, 5.74) is -2.17. The van der Waals surface area contributed by atoms with Crippen molar-refractivity contribution in [1.29, 1.82) is 0 Å². The van der Waals surface area contributed by atoms with Crippen LogP contribution in [-0.4, -0.2) is 30.5 Å². The maximum absolute atomic E-state index is 14.1. The maximum Gasteiger partial charge on any atom is 0.435 e. The normalized spacial score (nSPS) is 17.5. The zero-order valence-corrected chi connectivity index (χ0v) is 18.4. The van der Waals surface area contributed by atoms with Gasteiger partial charge in [0.2, 0.25) is 0 Å². The highest BCUT2D eigenvalue weighted by atomic mass is 35.5. The van der Waals surface area contributed by atoms with E-state index in [4.69, 9.17) is 34.5 Å². The number of hydrogen-bond donors (Lipinski definition) is 1. The molecule has 1 aliphatic heterocycles. The predicted molar refractivity (Wildman–Crippen MR) is 115 cm³/mol. The molecule has 2 amide bonds. The molecule has 3 rings (SSSR count). The number of halogens is 5. The van der Waals surface area contributed by atoms with Gasteiger partial charge >= 0.3 is 12.3 Å². The number of amides is 2. The van der Waals surface area contributed by atoms with E-state index in [0.717, 1.165) is 6.07 Å². The molecule has 0 aliphatic carbocycles. The summed E-state index contributed by atoms with van der Waals surface area (Å²) in [6.07, 6.45) is -1.49. The topological polar surface area (TPSA) is 77.0 Å². The van der Waals surface area contributed by atoms with Crippen LogP contribution in [0.2, 0.25) is 10.0 Å². The molecular formula is C22H15Cl2F3N2O4. The van der Waals surface area contributed by atoms with E-state index >= 15 is 0 Å². The van der Waals surface area contributed by atoms with Crippen molar-refractivity contribution < 1.29 is 32.3 Å². The highest BCUT2D eigenvalue weighted by Crippen LogP contribution is 2.49. The van der Waals surface area contributed by atoms with Gasteiger partial charge in [-0.1, -0.05) is 46.4 Å². The first-order chi connectivity index (χ1) is 15.5. The third-order valence-electron chi connectivity index (χ3n) is 4.88. The number of ether oxygens (including phenoxy) is 1. The van der Waals surface area contributed by atoms with Crippen LogP contribution in [0.1, 0.15) is 33.5 Å². The first kappa shape index (κ1) is 24.4. The van der Waals surface area contributed by atoms with Crippen molar-refractivity contribution in [1.82, 2.24) is 5.32 Å². The van der Waals surface area contributed by atoms with Gasteiger partial charge < -0.3 is 9.57 Å². The lowest BCUT2D eigenvalue weighted by Crippen LogP contribution is -2.42. The Bertz CT molecular complexity index is 1190. The molecule has 1 atom stereocenters. The fraction of sp³-hybridized carbons (Fsp3) is 0.227. The van der Waals surface area contributed by atoms with Crippen molar-refractivity contribution in [2.45, 2.75) is 25.1 Å². The van der Waals surface area contributed by atoms with Crippen molar-refractivity contribution in [3.8, 4) is 12.3 Å². The maximum atomic E-state index is 14.1. The van der Waals surface area contributed by atoms with Crippen LogP contribution < -0.4 is 5.32 Å². The van der Waals surface area contributed by atoms with Crippen molar-refractivity contribution in [3.05, 3.63) is 68.7 Å². The molecule has 0 spiro atoms. The molecule has 0 bridgehead atoms. The lowest BCUT2D eigenvalue weighted by atomic mass is 9.86. The number of nitrogens with zero attached hydrogens (tertiary/aromatic N) is 1. The molecule has 1 aliphatic rings. The summed E-state index contributed by atoms with van der Waals surface area (Å²) in [6, 6.07) is 7.74. The zero-order chi connectivity index (χ0) is 24.4. The van der Waals surface area contributed by atoms with E-state index in [9.17, 15) is 22.8 Å². The van der Waals surface area contributed by atoms with Crippen molar-refractivity contribution in [2.24, 2.45) is 5.16 Å². The number of oxime groups is 1. The van der Waals surface area contributed by atoms with E-state index in [1.54, 1.807) is 6.92 Å². The van der Waals surface area contributed by atoms with E-state index in [0.29, 0.717) is 11.1 Å². The number of carbonyl (C=O) groups excluding carboxylic acids is 2. The Balaban J connectivity index is 1.85. The lowest BCUT2D eigenvalue weighted by molar-refractivity contribution is -0.275. The summed E-state index contributed by atoms with van der Waals surface area (Å²) in [5.74, 6) is 1.32. The van der Waals surface area contributed by atoms with Gasteiger partial charge in [-0.05, 0) is 42.3 Å². The quantitative estimate of drug-likeness (QED) is 0.573. The minimum absolute atomic E-state index is 0.0156. The van der Waals surface area contributed by atoms with E-state index in [2.05, 4.69) is 15.8 Å². The zero-order valence-electron chi connectivity index (χ0n) is 16.9. The Hall–Kier alpha value is -3.22. The van der Waals surface area contributed by atoms with Gasteiger partial charge in [-0.3, -0.25) is 10.1 Å². The van der Waals surface area contributed by atoms with Crippen LogP contribution in [0.4, 0.5) is 18.0 Å². The molecule has 1 unspecified atom stereocenters. The van der Waals surface area contributed by atoms with E-state index in [-0.39, 0.29) is 33.5 Å². The largest absolute Gasteiger partial charge is 0.436 e. The van der Waals surface area contributed by atoms with Crippen LogP contribution in [0, 0.1) is 19.3 Å². The first-order valence-electron chi connectivity index (χ1n) is 9.28. The van der Waals surface area contributed by atoms with Gasteiger partial charge in [-0.15, -0.1) is 6.42 Å². The standard InChI is InChI=1S/C22H15Cl2F3N2O4/c1-3-8-32-20(31)28-19(30)15-6-4-13(9-12(15)2)18-11-21(33-29-18,22(25,26)27)14-5-7-16(23)17(24)10-14/h1,4-7,9-10H,8,11H2,2H3,(H,28,30,31). The van der Waals surface area contributed by atoms with Crippen molar-refractivity contribution >= 4 is 40.9 Å². The monoisotopic (exact) mass is 498 g/mol. The summed E-state index contributed by atoms with van der Waals surface area (Å²) in [5, 5.41) is 5.73. The minimum atomic E-state index is -4.82. The van der Waals surface area contributed by atoms with Gasteiger partial charge in [-0.2, -0.15) is 13.2 Å². The molecule has 0 saturated heterocycles. The second kappa shape index (κ2) is 9.33. The highest BCUT2D eigenvalue weighted by Gasteiger charge is 2.62. The van der Waals surface area contributed by atoms with Gasteiger partial charge in [0.05, 0.1) is 15.8 Å². The Morgan fingerprint density at radius 2 is 1.97 bits per heavy atom. The van der Waals surface area contributed by atoms with E-state index < -0.39 is 30.2 Å². The molecule has 172 valence electrons. The fourth-order valence-corrected chi connectivity index (χ4v) is 3.51. The minimum Gasteiger partial charge on any atom is -0.436 e. The average molecular weight is 499 g/mol. The van der Waals surface area contributed by atoms with Gasteiger partial charge in [-0.25, -0.2) is 4.79 Å². The Kier molecular flexibility index (Phi) is 6.91. The van der Waals surface area contributed by atoms with Crippen molar-refractivity contribution in [2.75, 3.05) is 6.61 Å². The van der Waals surface area contributed by atoms with Crippen LogP contribution in [0.25, 0.3) is 0 Å². The molecule has 0 fully saturated rings. The summed E-state index contributed by atoms with van der Waals surface area (Å²) < 4.78 is 46.9. The number of hydrogen-bond acceptors (Lipinski definition) is 5. The van der Waals surface area contributed by atoms with Gasteiger partial charge in [0.15, 0.2) is 6.61 Å². The Morgan fingerprint density at radius 1 is 1.24 bits per heavy atom. The molecule has 2 aromatic rings. The average Bonchev–Trinajstić information content (AvgIpc) is 3.21. The highest BCUT2D eigenvalue weighted by molar-refractivity contribution is 6.42. The smallest absolute Gasteiger partial charge is 0.435 e. The molecule has 11 heteroatoms. The first-order valence-corrected chi connectivity index (χ1v) is 10.0. The second-order valence-corrected chi connectivity index (χ2v) is 7.84. The number of nitrogens with one attached hydrogen (secondary N) is 1. The van der Waals surface area contributed by atoms with E-state index in [1.807, 2.05) is 5.32 Å². The van der Waals surface area contributed by atoms with Crippen LogP contribution in [0.5, 0.6) is 0 Å². The molecule has 0 radical (unpaired) electrons. The summed E-state index contributed by atoms with van der Waals surface area (Å²) >= 11 is 11.7. The molecule has 0 saturated carbocycles. The van der Waals surface area contributed by atoms with Crippen molar-refractivity contribution in [3.63, 3.8) is 0 Å². The molecule has 0 aromatic heterocycles. The number of imide groups is 1. The molecule has 1 N–H and O–H groups in total. The summed E-state index contributed by atoms with van der Waals surface area (Å²) in [6.45, 7) is 1.24. The fourth-order valence-electron chi connectivity index (χ4n) is 3.21. The number of alkyl halides is 3.